The summed E-state index contributed by atoms with van der Waals surface area (Å²) in [5.41, 5.74) is 1.79. The van der Waals surface area contributed by atoms with Gasteiger partial charge in [0.25, 0.3) is 10.0 Å². The third-order valence-electron chi connectivity index (χ3n) is 2.95. The number of benzene rings is 2. The van der Waals surface area contributed by atoms with Crippen molar-refractivity contribution in [2.75, 3.05) is 0 Å². The standard InChI is InChI=1S/C16H17NO2S/c1-3-17(13-15-7-5-4-6-8-15)20(18,19)16-11-9-14(2)10-12-16/h3-12H,1,13H2,2H3/i3D. The van der Waals surface area contributed by atoms with Gasteiger partial charge in [0.15, 0.2) is 0 Å². The third kappa shape index (κ3) is 3.08. The summed E-state index contributed by atoms with van der Waals surface area (Å²) in [5, 5.41) is 0. The Bertz CT molecular complexity index is 725. The minimum atomic E-state index is -3.77. The molecule has 0 unspecified atom stereocenters. The molecule has 20 heavy (non-hydrogen) atoms. The molecule has 2 aromatic carbocycles. The monoisotopic (exact) mass is 288 g/mol. The van der Waals surface area contributed by atoms with E-state index in [4.69, 9.17) is 1.37 Å². The second kappa shape index (κ2) is 5.92. The number of aryl methyl sites for hydroxylation is 1. The SMILES string of the molecule is [2H]C(=C)N(Cc1ccccc1)S(=O)(=O)c1ccc(C)cc1. The summed E-state index contributed by atoms with van der Waals surface area (Å²) >= 11 is 0. The average Bonchev–Trinajstić information content (AvgIpc) is 2.46. The first-order valence-electron chi connectivity index (χ1n) is 6.70. The van der Waals surface area contributed by atoms with Crippen LogP contribution in [0.15, 0.2) is 72.2 Å². The van der Waals surface area contributed by atoms with Crippen molar-refractivity contribution >= 4 is 10.0 Å². The fraction of sp³-hybridized carbons (Fsp3) is 0.125. The first kappa shape index (κ1) is 12.9. The highest BCUT2D eigenvalue weighted by Crippen LogP contribution is 2.19. The first-order chi connectivity index (χ1) is 9.91. The largest absolute Gasteiger partial charge is 0.270 e. The van der Waals surface area contributed by atoms with Gasteiger partial charge in [-0.3, -0.25) is 4.31 Å². The molecule has 0 saturated heterocycles. The summed E-state index contributed by atoms with van der Waals surface area (Å²) in [7, 11) is -3.77. The van der Waals surface area contributed by atoms with Crippen molar-refractivity contribution in [3.63, 3.8) is 0 Å². The molecule has 0 aliphatic carbocycles. The molecule has 2 rings (SSSR count). The highest BCUT2D eigenvalue weighted by molar-refractivity contribution is 7.89. The molecule has 0 spiro atoms. The quantitative estimate of drug-likeness (QED) is 0.846. The van der Waals surface area contributed by atoms with Crippen molar-refractivity contribution < 1.29 is 9.79 Å². The van der Waals surface area contributed by atoms with Gasteiger partial charge in [0, 0.05) is 6.18 Å². The van der Waals surface area contributed by atoms with E-state index in [1.807, 2.05) is 37.3 Å². The minimum absolute atomic E-state index is 0.0966. The van der Waals surface area contributed by atoms with Gasteiger partial charge in [-0.2, -0.15) is 0 Å². The van der Waals surface area contributed by atoms with E-state index in [1.165, 1.54) is 0 Å². The van der Waals surface area contributed by atoms with Gasteiger partial charge in [-0.25, -0.2) is 8.42 Å². The molecule has 0 heterocycles. The van der Waals surface area contributed by atoms with E-state index in [1.54, 1.807) is 24.3 Å². The van der Waals surface area contributed by atoms with E-state index < -0.39 is 10.0 Å². The molecular weight excluding hydrogens is 270 g/mol. The summed E-state index contributed by atoms with van der Waals surface area (Å²) in [4.78, 5) is 0.164. The Morgan fingerprint density at radius 2 is 1.75 bits per heavy atom. The smallest absolute Gasteiger partial charge is 0.264 e. The topological polar surface area (TPSA) is 37.4 Å². The van der Waals surface area contributed by atoms with Crippen LogP contribution in [0.3, 0.4) is 0 Å². The normalized spacial score (nSPS) is 11.8. The van der Waals surface area contributed by atoms with Gasteiger partial charge < -0.3 is 0 Å². The fourth-order valence-electron chi connectivity index (χ4n) is 1.81. The maximum atomic E-state index is 12.6. The van der Waals surface area contributed by atoms with Crippen molar-refractivity contribution in [1.82, 2.24) is 4.31 Å². The third-order valence-corrected chi connectivity index (χ3v) is 4.66. The molecule has 0 aromatic heterocycles. The number of sulfonamides is 1. The minimum Gasteiger partial charge on any atom is -0.270 e. The predicted octanol–water partition coefficient (Wildman–Crippen LogP) is 3.33. The summed E-state index contributed by atoms with van der Waals surface area (Å²) in [6.45, 7) is 5.46. The van der Waals surface area contributed by atoms with Crippen LogP contribution in [-0.2, 0) is 16.6 Å². The second-order valence-electron chi connectivity index (χ2n) is 4.47. The summed E-state index contributed by atoms with van der Waals surface area (Å²) in [6, 6.07) is 15.7. The van der Waals surface area contributed by atoms with Crippen LogP contribution in [0.4, 0.5) is 0 Å². The molecule has 0 fully saturated rings. The maximum absolute atomic E-state index is 12.6. The van der Waals surface area contributed by atoms with E-state index in [0.29, 0.717) is 0 Å². The number of nitrogens with zero attached hydrogens (tertiary/aromatic N) is 1. The molecule has 0 saturated carbocycles. The van der Waals surface area contributed by atoms with E-state index in [0.717, 1.165) is 15.4 Å². The molecule has 0 amide bonds. The molecular formula is C16H17NO2S. The molecule has 2 aromatic rings. The lowest BCUT2D eigenvalue weighted by molar-refractivity contribution is 0.496. The fourth-order valence-corrected chi connectivity index (χ4v) is 3.04. The van der Waals surface area contributed by atoms with Gasteiger partial charge >= 0.3 is 0 Å². The number of hydrogen-bond acceptors (Lipinski definition) is 2. The second-order valence-corrected chi connectivity index (χ2v) is 6.33. The zero-order chi connectivity index (χ0) is 15.5. The summed E-state index contributed by atoms with van der Waals surface area (Å²) < 4.78 is 34.0. The molecule has 0 N–H and O–H groups in total. The Morgan fingerprint density at radius 3 is 2.30 bits per heavy atom. The molecule has 4 heteroatoms. The average molecular weight is 288 g/mol. The van der Waals surface area contributed by atoms with Crippen molar-refractivity contribution in [3.05, 3.63) is 78.5 Å². The van der Waals surface area contributed by atoms with Crippen LogP contribution in [0.1, 0.15) is 12.5 Å². The highest BCUT2D eigenvalue weighted by atomic mass is 32.2. The summed E-state index contributed by atoms with van der Waals surface area (Å²) in [5.74, 6) is 0. The lowest BCUT2D eigenvalue weighted by Gasteiger charge is -2.20. The number of hydrogen-bond donors (Lipinski definition) is 0. The molecule has 0 radical (unpaired) electrons. The Labute approximate surface area is 121 Å². The lowest BCUT2D eigenvalue weighted by atomic mass is 10.2. The molecule has 0 aliphatic rings. The number of rotatable bonds is 5. The Hall–Kier alpha value is -2.07. The van der Waals surface area contributed by atoms with Crippen LogP contribution in [0.25, 0.3) is 0 Å². The maximum Gasteiger partial charge on any atom is 0.264 e. The Morgan fingerprint density at radius 1 is 1.15 bits per heavy atom. The van der Waals surface area contributed by atoms with E-state index in [9.17, 15) is 8.42 Å². The van der Waals surface area contributed by atoms with Gasteiger partial charge in [-0.1, -0.05) is 54.6 Å². The first-order valence-corrected chi connectivity index (χ1v) is 7.64. The van der Waals surface area contributed by atoms with Gasteiger partial charge in [0.1, 0.15) is 0 Å². The highest BCUT2D eigenvalue weighted by Gasteiger charge is 2.20. The molecule has 3 nitrogen and oxygen atoms in total. The Kier molecular flexibility index (Phi) is 3.83. The van der Waals surface area contributed by atoms with E-state index >= 15 is 0 Å². The van der Waals surface area contributed by atoms with Gasteiger partial charge in [-0.05, 0) is 24.6 Å². The van der Waals surface area contributed by atoms with Crippen LogP contribution in [-0.4, -0.2) is 12.7 Å². The molecule has 0 atom stereocenters. The predicted molar refractivity (Wildman–Crippen MR) is 80.5 cm³/mol. The lowest BCUT2D eigenvalue weighted by Crippen LogP contribution is -2.25. The molecule has 0 aliphatic heterocycles. The van der Waals surface area contributed by atoms with Crippen molar-refractivity contribution in [1.29, 1.82) is 0 Å². The van der Waals surface area contributed by atoms with Crippen LogP contribution in [0.5, 0.6) is 0 Å². The van der Waals surface area contributed by atoms with Gasteiger partial charge in [0.05, 0.1) is 12.8 Å². The Balaban J connectivity index is 2.37. The van der Waals surface area contributed by atoms with Crippen LogP contribution in [0.2, 0.25) is 0 Å². The van der Waals surface area contributed by atoms with Crippen LogP contribution < -0.4 is 0 Å². The zero-order valence-corrected chi connectivity index (χ0v) is 12.1. The summed E-state index contributed by atoms with van der Waals surface area (Å²) in [6.07, 6.45) is -0.251. The van der Waals surface area contributed by atoms with Crippen molar-refractivity contribution in [2.45, 2.75) is 18.4 Å². The van der Waals surface area contributed by atoms with Crippen LogP contribution in [0, 0.1) is 6.92 Å². The molecule has 104 valence electrons. The van der Waals surface area contributed by atoms with Gasteiger partial charge in [-0.15, -0.1) is 0 Å². The zero-order valence-electron chi connectivity index (χ0n) is 12.3. The van der Waals surface area contributed by atoms with E-state index in [2.05, 4.69) is 6.58 Å². The molecule has 0 bridgehead atoms. The van der Waals surface area contributed by atoms with Crippen molar-refractivity contribution in [2.24, 2.45) is 0 Å². The van der Waals surface area contributed by atoms with Crippen LogP contribution >= 0.6 is 0 Å². The van der Waals surface area contributed by atoms with Crippen molar-refractivity contribution in [3.8, 4) is 0 Å². The van der Waals surface area contributed by atoms with E-state index in [-0.39, 0.29) is 17.6 Å². The van der Waals surface area contributed by atoms with Gasteiger partial charge in [0.2, 0.25) is 0 Å².